The van der Waals surface area contributed by atoms with Gasteiger partial charge in [0.15, 0.2) is 0 Å². The number of pyridine rings is 1. The zero-order valence-electron chi connectivity index (χ0n) is 13.7. The Labute approximate surface area is 155 Å². The van der Waals surface area contributed by atoms with Crippen LogP contribution in [0, 0.1) is 11.3 Å². The lowest BCUT2D eigenvalue weighted by Crippen LogP contribution is -1.96. The maximum atomic E-state index is 9.18. The van der Waals surface area contributed by atoms with Gasteiger partial charge in [-0.25, -0.2) is 0 Å². The molecular formula is C21H14ClN3O. The lowest BCUT2D eigenvalue weighted by molar-refractivity contribution is 0.310. The Morgan fingerprint density at radius 1 is 1.08 bits per heavy atom. The van der Waals surface area contributed by atoms with Gasteiger partial charge < -0.3 is 9.72 Å². The highest BCUT2D eigenvalue weighted by Crippen LogP contribution is 2.31. The number of H-pyrrole nitrogens is 1. The quantitative estimate of drug-likeness (QED) is 0.535. The smallest absolute Gasteiger partial charge is 0.130 e. The molecule has 0 saturated carbocycles. The molecule has 0 atom stereocenters. The van der Waals surface area contributed by atoms with Crippen molar-refractivity contribution in [3.63, 3.8) is 0 Å². The van der Waals surface area contributed by atoms with Gasteiger partial charge >= 0.3 is 0 Å². The topological polar surface area (TPSA) is 61.7 Å². The number of aromatic amines is 1. The van der Waals surface area contributed by atoms with Crippen molar-refractivity contribution in [2.75, 3.05) is 0 Å². The third-order valence-electron chi connectivity index (χ3n) is 4.19. The van der Waals surface area contributed by atoms with E-state index in [9.17, 15) is 5.26 Å². The van der Waals surface area contributed by atoms with Gasteiger partial charge in [0, 0.05) is 23.3 Å². The number of nitrogens with zero attached hydrogens (tertiary/aromatic N) is 2. The van der Waals surface area contributed by atoms with E-state index in [2.05, 4.69) is 16.0 Å². The molecule has 126 valence electrons. The molecule has 0 fully saturated rings. The normalized spacial score (nSPS) is 10.6. The number of rotatable bonds is 4. The standard InChI is InChI=1S/C21H14ClN3O/c22-17-12-25-19(11-23)21(17)15-7-5-14(6-8-15)13-26-20-9-10-24-18-4-2-1-3-16(18)20/h1-10,12,25H,13H2. The minimum Gasteiger partial charge on any atom is -0.488 e. The van der Waals surface area contributed by atoms with Gasteiger partial charge in [-0.15, -0.1) is 0 Å². The second-order valence-electron chi connectivity index (χ2n) is 5.81. The third-order valence-corrected chi connectivity index (χ3v) is 4.49. The van der Waals surface area contributed by atoms with E-state index in [1.165, 1.54) is 0 Å². The van der Waals surface area contributed by atoms with Crippen molar-refractivity contribution in [1.29, 1.82) is 5.26 Å². The Balaban J connectivity index is 1.55. The van der Waals surface area contributed by atoms with Crippen LogP contribution in [-0.2, 0) is 6.61 Å². The van der Waals surface area contributed by atoms with E-state index in [4.69, 9.17) is 16.3 Å². The van der Waals surface area contributed by atoms with Crippen LogP contribution in [0.4, 0.5) is 0 Å². The fraction of sp³-hybridized carbons (Fsp3) is 0.0476. The molecule has 0 spiro atoms. The largest absolute Gasteiger partial charge is 0.488 e. The predicted molar refractivity (Wildman–Crippen MR) is 102 cm³/mol. The summed E-state index contributed by atoms with van der Waals surface area (Å²) in [5.74, 6) is 0.806. The molecule has 2 heterocycles. The summed E-state index contributed by atoms with van der Waals surface area (Å²) in [4.78, 5) is 7.22. The molecule has 0 aliphatic rings. The number of aromatic nitrogens is 2. The van der Waals surface area contributed by atoms with Gasteiger partial charge in [-0.2, -0.15) is 5.26 Å². The monoisotopic (exact) mass is 359 g/mol. The first-order valence-electron chi connectivity index (χ1n) is 8.09. The summed E-state index contributed by atoms with van der Waals surface area (Å²) >= 11 is 6.18. The number of ether oxygens (including phenoxy) is 1. The third kappa shape index (κ3) is 3.01. The first-order chi connectivity index (χ1) is 12.8. The zero-order valence-corrected chi connectivity index (χ0v) is 14.5. The van der Waals surface area contributed by atoms with Gasteiger partial charge in [0.25, 0.3) is 0 Å². The molecule has 0 bridgehead atoms. The highest BCUT2D eigenvalue weighted by atomic mass is 35.5. The summed E-state index contributed by atoms with van der Waals surface area (Å²) in [6, 6.07) is 19.7. The van der Waals surface area contributed by atoms with Crippen LogP contribution in [0.5, 0.6) is 5.75 Å². The van der Waals surface area contributed by atoms with Gasteiger partial charge in [0.05, 0.1) is 10.5 Å². The zero-order chi connectivity index (χ0) is 17.9. The maximum absolute atomic E-state index is 9.18. The number of nitriles is 1. The van der Waals surface area contributed by atoms with Crippen LogP contribution in [0.25, 0.3) is 22.0 Å². The first-order valence-corrected chi connectivity index (χ1v) is 8.47. The minimum absolute atomic E-state index is 0.445. The molecule has 0 unspecified atom stereocenters. The number of fused-ring (bicyclic) bond motifs is 1. The van der Waals surface area contributed by atoms with Crippen LogP contribution >= 0.6 is 11.6 Å². The molecule has 4 nitrogen and oxygen atoms in total. The van der Waals surface area contributed by atoms with Crippen molar-refractivity contribution in [2.45, 2.75) is 6.61 Å². The summed E-state index contributed by atoms with van der Waals surface area (Å²) < 4.78 is 5.98. The first kappa shape index (κ1) is 16.2. The van der Waals surface area contributed by atoms with E-state index < -0.39 is 0 Å². The molecule has 0 saturated heterocycles. The number of nitrogens with one attached hydrogen (secondary N) is 1. The predicted octanol–water partition coefficient (Wildman–Crippen LogP) is 5.33. The fourth-order valence-corrected chi connectivity index (χ4v) is 3.15. The molecule has 0 radical (unpaired) electrons. The summed E-state index contributed by atoms with van der Waals surface area (Å²) in [5.41, 5.74) is 4.02. The Morgan fingerprint density at radius 2 is 1.88 bits per heavy atom. The highest BCUT2D eigenvalue weighted by molar-refractivity contribution is 6.33. The van der Waals surface area contributed by atoms with Crippen LogP contribution in [0.1, 0.15) is 11.3 Å². The Hall–Kier alpha value is -3.29. The summed E-state index contributed by atoms with van der Waals surface area (Å²) in [6.07, 6.45) is 3.37. The number of hydrogen-bond acceptors (Lipinski definition) is 3. The van der Waals surface area contributed by atoms with Crippen molar-refractivity contribution in [3.05, 3.63) is 83.3 Å². The molecule has 4 rings (SSSR count). The summed E-state index contributed by atoms with van der Waals surface area (Å²) in [5, 5.41) is 10.7. The van der Waals surface area contributed by atoms with Gasteiger partial charge in [0.1, 0.15) is 24.1 Å². The van der Waals surface area contributed by atoms with Crippen LogP contribution in [0.3, 0.4) is 0 Å². The minimum atomic E-state index is 0.445. The molecule has 2 aromatic carbocycles. The van der Waals surface area contributed by atoms with Gasteiger partial charge in [-0.3, -0.25) is 4.98 Å². The van der Waals surface area contributed by atoms with Crippen LogP contribution in [0.2, 0.25) is 5.02 Å². The SMILES string of the molecule is N#Cc1[nH]cc(Cl)c1-c1ccc(COc2ccnc3ccccc23)cc1. The van der Waals surface area contributed by atoms with Crippen molar-refractivity contribution in [3.8, 4) is 22.9 Å². The lowest BCUT2D eigenvalue weighted by atomic mass is 10.0. The Morgan fingerprint density at radius 3 is 2.69 bits per heavy atom. The number of halogens is 1. The van der Waals surface area contributed by atoms with Crippen molar-refractivity contribution in [2.24, 2.45) is 0 Å². The molecule has 2 aromatic heterocycles. The molecule has 1 N–H and O–H groups in total. The second-order valence-corrected chi connectivity index (χ2v) is 6.22. The average Bonchev–Trinajstić information content (AvgIpc) is 3.07. The second kappa shape index (κ2) is 6.91. The van der Waals surface area contributed by atoms with Crippen molar-refractivity contribution in [1.82, 2.24) is 9.97 Å². The van der Waals surface area contributed by atoms with E-state index in [-0.39, 0.29) is 0 Å². The van der Waals surface area contributed by atoms with Gasteiger partial charge in [-0.05, 0) is 29.3 Å². The summed E-state index contributed by atoms with van der Waals surface area (Å²) in [7, 11) is 0. The molecule has 4 aromatic rings. The summed E-state index contributed by atoms with van der Waals surface area (Å²) in [6.45, 7) is 0.445. The average molecular weight is 360 g/mol. The molecule has 26 heavy (non-hydrogen) atoms. The Bertz CT molecular complexity index is 1110. The van der Waals surface area contributed by atoms with Crippen LogP contribution in [-0.4, -0.2) is 9.97 Å². The molecule has 0 amide bonds. The van der Waals surface area contributed by atoms with E-state index >= 15 is 0 Å². The number of benzene rings is 2. The van der Waals surface area contributed by atoms with E-state index in [1.807, 2.05) is 54.6 Å². The molecule has 5 heteroatoms. The van der Waals surface area contributed by atoms with Crippen LogP contribution in [0.15, 0.2) is 67.0 Å². The van der Waals surface area contributed by atoms with Gasteiger partial charge in [0.2, 0.25) is 0 Å². The number of para-hydroxylation sites is 1. The van der Waals surface area contributed by atoms with Crippen LogP contribution < -0.4 is 4.74 Å². The molecular weight excluding hydrogens is 346 g/mol. The molecule has 0 aliphatic heterocycles. The van der Waals surface area contributed by atoms with Crippen molar-refractivity contribution < 1.29 is 4.74 Å². The lowest BCUT2D eigenvalue weighted by Gasteiger charge is -2.09. The van der Waals surface area contributed by atoms with Crippen molar-refractivity contribution >= 4 is 22.5 Å². The highest BCUT2D eigenvalue weighted by Gasteiger charge is 2.11. The fourth-order valence-electron chi connectivity index (χ4n) is 2.89. The van der Waals surface area contributed by atoms with Gasteiger partial charge in [-0.1, -0.05) is 48.0 Å². The number of hydrogen-bond donors (Lipinski definition) is 1. The van der Waals surface area contributed by atoms with E-state index in [1.54, 1.807) is 12.4 Å². The molecule has 0 aliphatic carbocycles. The maximum Gasteiger partial charge on any atom is 0.130 e. The van der Waals surface area contributed by atoms with E-state index in [0.717, 1.165) is 33.3 Å². The van der Waals surface area contributed by atoms with E-state index in [0.29, 0.717) is 17.3 Å². The Kier molecular flexibility index (Phi) is 4.30.